The van der Waals surface area contributed by atoms with E-state index in [4.69, 9.17) is 5.26 Å². The lowest BCUT2D eigenvalue weighted by Crippen LogP contribution is -2.56. The quantitative estimate of drug-likeness (QED) is 0.151. The predicted octanol–water partition coefficient (Wildman–Crippen LogP) is -1.46. The molecule has 4 bridgehead atoms. The minimum Gasteiger partial charge on any atom is -0.507 e. The van der Waals surface area contributed by atoms with E-state index in [2.05, 4.69) is 26.6 Å². The van der Waals surface area contributed by atoms with E-state index in [-0.39, 0.29) is 47.6 Å². The molecule has 0 radical (unpaired) electrons. The summed E-state index contributed by atoms with van der Waals surface area (Å²) in [5, 5.41) is 53.1. The van der Waals surface area contributed by atoms with E-state index in [0.717, 1.165) is 4.90 Å². The standard InChI is InChI=1S/C30H37N7O8/c1-16-27(42)36-21(28(43)33-11-9-31)13-17-4-6-23(39)19(12-17)20-14-18(5-7-24(20)40)26(29(44)34-16)37(3)30(45)22(15-38)35-25(41)8-10-32-2/h4-7,12,14,16,21-22,26,32,38-40H,8,10-11,13,15H2,1-3H3,(H,33,43)(H,34,44)(H,35,41)(H,36,42)/t16-,21-,22-,26-/m0/s1. The molecule has 2 aromatic carbocycles. The monoisotopic (exact) mass is 623 g/mol. The van der Waals surface area contributed by atoms with E-state index in [9.17, 15) is 39.3 Å². The minimum absolute atomic E-state index is 0.0277. The molecule has 5 amide bonds. The number of hydrogen-bond donors (Lipinski definition) is 8. The highest BCUT2D eigenvalue weighted by atomic mass is 16.3. The third-order valence-corrected chi connectivity index (χ3v) is 7.26. The van der Waals surface area contributed by atoms with Gasteiger partial charge >= 0.3 is 0 Å². The molecule has 15 nitrogen and oxygen atoms in total. The van der Waals surface area contributed by atoms with Gasteiger partial charge in [-0.05, 0) is 49.4 Å². The molecule has 45 heavy (non-hydrogen) atoms. The second-order valence-corrected chi connectivity index (χ2v) is 10.5. The summed E-state index contributed by atoms with van der Waals surface area (Å²) in [6.45, 7) is 0.621. The summed E-state index contributed by atoms with van der Waals surface area (Å²) in [7, 11) is 2.93. The van der Waals surface area contributed by atoms with Crippen molar-refractivity contribution in [2.24, 2.45) is 0 Å². The third-order valence-electron chi connectivity index (χ3n) is 7.26. The highest BCUT2D eigenvalue weighted by Gasteiger charge is 2.35. The minimum atomic E-state index is -1.45. The van der Waals surface area contributed by atoms with E-state index >= 15 is 0 Å². The molecular weight excluding hydrogens is 586 g/mol. The lowest BCUT2D eigenvalue weighted by Gasteiger charge is -2.32. The maximum absolute atomic E-state index is 13.8. The fourth-order valence-electron chi connectivity index (χ4n) is 4.83. The Labute approximate surface area is 259 Å². The number of fused-ring (bicyclic) bond motifs is 5. The van der Waals surface area contributed by atoms with Gasteiger partial charge in [0.05, 0.1) is 12.7 Å². The summed E-state index contributed by atoms with van der Waals surface area (Å²) < 4.78 is 0. The third kappa shape index (κ3) is 8.46. The Morgan fingerprint density at radius 3 is 2.38 bits per heavy atom. The van der Waals surface area contributed by atoms with Crippen molar-refractivity contribution in [1.29, 1.82) is 5.26 Å². The SMILES string of the molecule is CNCCC(=O)N[C@@H](CO)C(=O)N(C)[C@@H]1C(=O)N[C@@H](C)C(=O)N[C@H](C(=O)NCC#N)Cc2ccc(O)c(c2)-c2cc1ccc2O. The normalized spacial score (nSPS) is 18.7. The molecule has 0 fully saturated rings. The van der Waals surface area contributed by atoms with Crippen LogP contribution in [0.3, 0.4) is 0 Å². The Hall–Kier alpha value is -5.20. The Kier molecular flexibility index (Phi) is 11.8. The Bertz CT molecular complexity index is 1490. The number of likely N-dealkylation sites (N-methyl/N-ethyl adjacent to an activating group) is 1. The van der Waals surface area contributed by atoms with E-state index in [1.54, 1.807) is 13.1 Å². The van der Waals surface area contributed by atoms with Crippen LogP contribution in [-0.2, 0) is 30.4 Å². The second-order valence-electron chi connectivity index (χ2n) is 10.5. The molecule has 1 heterocycles. The summed E-state index contributed by atoms with van der Waals surface area (Å²) in [5.74, 6) is -4.06. The van der Waals surface area contributed by atoms with Crippen LogP contribution in [0.25, 0.3) is 11.1 Å². The number of rotatable bonds is 9. The first-order chi connectivity index (χ1) is 21.4. The summed E-state index contributed by atoms with van der Waals surface area (Å²) in [4.78, 5) is 66.7. The molecule has 1 aliphatic heterocycles. The zero-order valence-corrected chi connectivity index (χ0v) is 25.1. The smallest absolute Gasteiger partial charge is 0.248 e. The number of carbonyl (C=O) groups is 5. The van der Waals surface area contributed by atoms with E-state index in [0.29, 0.717) is 12.1 Å². The molecule has 1 aliphatic rings. The molecule has 0 aromatic heterocycles. The lowest BCUT2D eigenvalue weighted by molar-refractivity contribution is -0.143. The van der Waals surface area contributed by atoms with Crippen LogP contribution in [0.1, 0.15) is 30.5 Å². The van der Waals surface area contributed by atoms with Crippen molar-refractivity contribution in [1.82, 2.24) is 31.5 Å². The first-order valence-corrected chi connectivity index (χ1v) is 14.1. The lowest BCUT2D eigenvalue weighted by atomic mass is 9.93. The predicted molar refractivity (Wildman–Crippen MR) is 160 cm³/mol. The van der Waals surface area contributed by atoms with Gasteiger partial charge in [0.25, 0.3) is 0 Å². The second kappa shape index (κ2) is 15.5. The van der Waals surface area contributed by atoms with E-state index in [1.807, 2.05) is 0 Å². The van der Waals surface area contributed by atoms with Gasteiger partial charge in [0.15, 0.2) is 0 Å². The molecule has 0 spiro atoms. The summed E-state index contributed by atoms with van der Waals surface area (Å²) >= 11 is 0. The van der Waals surface area contributed by atoms with Gasteiger partial charge in [-0.3, -0.25) is 24.0 Å². The van der Waals surface area contributed by atoms with Crippen LogP contribution >= 0.6 is 0 Å². The van der Waals surface area contributed by atoms with Crippen LogP contribution in [0, 0.1) is 11.3 Å². The maximum atomic E-state index is 13.8. The summed E-state index contributed by atoms with van der Waals surface area (Å²) in [5.41, 5.74) is 0.905. The van der Waals surface area contributed by atoms with Gasteiger partial charge in [-0.25, -0.2) is 0 Å². The molecule has 0 unspecified atom stereocenters. The Morgan fingerprint density at radius 2 is 1.73 bits per heavy atom. The van der Waals surface area contributed by atoms with Gasteiger partial charge in [-0.1, -0.05) is 12.1 Å². The van der Waals surface area contributed by atoms with Crippen molar-refractivity contribution >= 4 is 29.5 Å². The molecular formula is C30H37N7O8. The zero-order valence-electron chi connectivity index (χ0n) is 25.1. The molecule has 240 valence electrons. The maximum Gasteiger partial charge on any atom is 0.248 e. The van der Waals surface area contributed by atoms with Crippen LogP contribution in [0.4, 0.5) is 0 Å². The highest BCUT2D eigenvalue weighted by molar-refractivity contribution is 5.96. The van der Waals surface area contributed by atoms with Gasteiger partial charge in [0, 0.05) is 37.6 Å². The molecule has 0 aliphatic carbocycles. The number of phenols is 2. The number of hydrogen-bond acceptors (Lipinski definition) is 10. The van der Waals surface area contributed by atoms with Gasteiger partial charge in [0.1, 0.15) is 42.2 Å². The van der Waals surface area contributed by atoms with Crippen molar-refractivity contribution in [3.63, 3.8) is 0 Å². The average Bonchev–Trinajstić information content (AvgIpc) is 3.01. The van der Waals surface area contributed by atoms with Crippen molar-refractivity contribution in [2.45, 2.75) is 43.9 Å². The number of phenolic OH excluding ortho intramolecular Hbond substituents is 2. The fourth-order valence-corrected chi connectivity index (χ4v) is 4.83. The number of nitrogens with one attached hydrogen (secondary N) is 5. The number of aliphatic hydroxyl groups is 1. The van der Waals surface area contributed by atoms with Crippen LogP contribution in [-0.4, -0.2) is 102 Å². The van der Waals surface area contributed by atoms with Crippen molar-refractivity contribution in [3.8, 4) is 28.7 Å². The van der Waals surface area contributed by atoms with Crippen molar-refractivity contribution < 1.29 is 39.3 Å². The van der Waals surface area contributed by atoms with Crippen LogP contribution in [0.2, 0.25) is 0 Å². The molecule has 2 aromatic rings. The van der Waals surface area contributed by atoms with Gasteiger partial charge in [0.2, 0.25) is 29.5 Å². The molecule has 4 atom stereocenters. The number of nitriles is 1. The van der Waals surface area contributed by atoms with Crippen LogP contribution < -0.4 is 26.6 Å². The Balaban J connectivity index is 2.12. The number of aromatic hydroxyl groups is 2. The molecule has 8 N–H and O–H groups in total. The fraction of sp³-hybridized carbons (Fsp3) is 0.400. The Morgan fingerprint density at radius 1 is 1.07 bits per heavy atom. The first-order valence-electron chi connectivity index (χ1n) is 14.1. The van der Waals surface area contributed by atoms with E-state index < -0.39 is 60.3 Å². The van der Waals surface area contributed by atoms with E-state index in [1.165, 1.54) is 50.4 Å². The number of aliphatic hydroxyl groups excluding tert-OH is 1. The highest BCUT2D eigenvalue weighted by Crippen LogP contribution is 2.38. The number of amides is 5. The molecule has 0 saturated carbocycles. The van der Waals surface area contributed by atoms with Gasteiger partial charge in [-0.15, -0.1) is 0 Å². The van der Waals surface area contributed by atoms with Crippen LogP contribution in [0.5, 0.6) is 11.5 Å². The number of benzene rings is 2. The van der Waals surface area contributed by atoms with Gasteiger partial charge < -0.3 is 46.8 Å². The topological polar surface area (TPSA) is 233 Å². The summed E-state index contributed by atoms with van der Waals surface area (Å²) in [6.07, 6.45) is -0.0280. The zero-order chi connectivity index (χ0) is 33.3. The largest absolute Gasteiger partial charge is 0.507 e. The van der Waals surface area contributed by atoms with Crippen LogP contribution in [0.15, 0.2) is 36.4 Å². The molecule has 15 heteroatoms. The molecule has 0 saturated heterocycles. The molecule has 3 rings (SSSR count). The average molecular weight is 624 g/mol. The number of nitrogens with zero attached hydrogens (tertiary/aromatic N) is 2. The first kappa shape index (κ1) is 34.3. The van der Waals surface area contributed by atoms with Crippen molar-refractivity contribution in [3.05, 3.63) is 47.5 Å². The van der Waals surface area contributed by atoms with Crippen molar-refractivity contribution in [2.75, 3.05) is 33.8 Å². The number of carbonyl (C=O) groups excluding carboxylic acids is 5. The van der Waals surface area contributed by atoms with Gasteiger partial charge in [-0.2, -0.15) is 5.26 Å². The summed E-state index contributed by atoms with van der Waals surface area (Å²) in [6, 6.07) is 5.01.